The number of benzene rings is 1. The number of halogens is 1. The summed E-state index contributed by atoms with van der Waals surface area (Å²) in [6, 6.07) is 10.1. The molecule has 0 bridgehead atoms. The molecule has 7 heteroatoms. The van der Waals surface area contributed by atoms with Gasteiger partial charge in [0.1, 0.15) is 5.82 Å². The number of hydrogen-bond donors (Lipinski definition) is 0. The molecule has 0 N–H and O–H groups in total. The van der Waals surface area contributed by atoms with Crippen LogP contribution < -0.4 is 0 Å². The molecule has 1 aromatic carbocycles. The molecule has 0 amide bonds. The van der Waals surface area contributed by atoms with E-state index in [1.807, 2.05) is 17.5 Å². The Morgan fingerprint density at radius 3 is 2.71 bits per heavy atom. The van der Waals surface area contributed by atoms with Crippen LogP contribution in [0.15, 0.2) is 46.9 Å². The molecule has 0 saturated heterocycles. The van der Waals surface area contributed by atoms with Gasteiger partial charge in [0.05, 0.1) is 10.6 Å². The number of hydrogen-bond acceptors (Lipinski definition) is 5. The minimum Gasteiger partial charge on any atom is -0.298 e. The number of Topliss-reactive ketones (excluding diaryl/α,β-unsaturated/α-hetero) is 1. The fourth-order valence-corrected chi connectivity index (χ4v) is 4.07. The van der Waals surface area contributed by atoms with Crippen LogP contribution in [0.1, 0.15) is 29.2 Å². The van der Waals surface area contributed by atoms with E-state index >= 15 is 0 Å². The molecule has 1 fully saturated rings. The van der Waals surface area contributed by atoms with Crippen LogP contribution in [0.3, 0.4) is 0 Å². The monoisotopic (exact) mass is 359 g/mol. The molecule has 0 unspecified atom stereocenters. The maximum Gasteiger partial charge on any atom is 0.192 e. The second-order valence-corrected chi connectivity index (χ2v) is 7.49. The Bertz CT molecular complexity index is 855. The normalized spacial score (nSPS) is 14.0. The zero-order valence-electron chi connectivity index (χ0n) is 12.7. The molecule has 2 heterocycles. The first-order chi connectivity index (χ1) is 11.7. The third-order valence-corrected chi connectivity index (χ3v) is 5.63. The highest BCUT2D eigenvalue weighted by atomic mass is 32.2. The van der Waals surface area contributed by atoms with Crippen molar-refractivity contribution < 1.29 is 9.18 Å². The molecule has 4 nitrogen and oxygen atoms in total. The van der Waals surface area contributed by atoms with Crippen molar-refractivity contribution in [2.24, 2.45) is 0 Å². The molecule has 0 atom stereocenters. The van der Waals surface area contributed by atoms with E-state index in [1.165, 1.54) is 36.0 Å². The van der Waals surface area contributed by atoms with Crippen LogP contribution in [0.25, 0.3) is 10.7 Å². The molecule has 24 heavy (non-hydrogen) atoms. The standard InChI is InChI=1S/C17H14FN3OS2/c18-12-5-3-11(4-6-12)14(22)10-24-17-20-19-16(15-2-1-9-23-15)21(17)13-7-8-13/h1-6,9,13H,7-8,10H2. The van der Waals surface area contributed by atoms with Crippen molar-refractivity contribution in [2.75, 3.05) is 5.75 Å². The van der Waals surface area contributed by atoms with Crippen molar-refractivity contribution >= 4 is 28.9 Å². The molecule has 2 aromatic heterocycles. The Balaban J connectivity index is 1.53. The van der Waals surface area contributed by atoms with Gasteiger partial charge in [-0.2, -0.15) is 0 Å². The number of carbonyl (C=O) groups is 1. The van der Waals surface area contributed by atoms with E-state index in [4.69, 9.17) is 0 Å². The quantitative estimate of drug-likeness (QED) is 0.482. The Morgan fingerprint density at radius 1 is 1.25 bits per heavy atom. The molecule has 1 saturated carbocycles. The molecule has 0 aliphatic heterocycles. The second kappa shape index (κ2) is 6.49. The van der Waals surface area contributed by atoms with Crippen molar-refractivity contribution in [3.8, 4) is 10.7 Å². The third-order valence-electron chi connectivity index (χ3n) is 3.82. The van der Waals surface area contributed by atoms with Crippen molar-refractivity contribution in [1.82, 2.24) is 14.8 Å². The van der Waals surface area contributed by atoms with E-state index in [0.29, 0.717) is 11.6 Å². The summed E-state index contributed by atoms with van der Waals surface area (Å²) < 4.78 is 15.1. The number of ketones is 1. The highest BCUT2D eigenvalue weighted by Crippen LogP contribution is 2.41. The molecule has 3 aromatic rings. The average molecular weight is 359 g/mol. The van der Waals surface area contributed by atoms with Crippen LogP contribution in [0.4, 0.5) is 4.39 Å². The molecule has 1 aliphatic rings. The Morgan fingerprint density at radius 2 is 2.04 bits per heavy atom. The first kappa shape index (κ1) is 15.5. The Kier molecular flexibility index (Phi) is 4.20. The van der Waals surface area contributed by atoms with Gasteiger partial charge in [-0.1, -0.05) is 17.8 Å². The second-order valence-electron chi connectivity index (χ2n) is 5.60. The lowest BCUT2D eigenvalue weighted by atomic mass is 10.1. The first-order valence-corrected chi connectivity index (χ1v) is 9.49. The molecule has 4 rings (SSSR count). The smallest absolute Gasteiger partial charge is 0.192 e. The molecule has 122 valence electrons. The van der Waals surface area contributed by atoms with Gasteiger partial charge in [0.15, 0.2) is 16.8 Å². The van der Waals surface area contributed by atoms with Crippen LogP contribution >= 0.6 is 23.1 Å². The van der Waals surface area contributed by atoms with Gasteiger partial charge in [0.25, 0.3) is 0 Å². The maximum absolute atomic E-state index is 12.9. The number of rotatable bonds is 6. The van der Waals surface area contributed by atoms with E-state index in [-0.39, 0.29) is 17.4 Å². The van der Waals surface area contributed by atoms with Crippen LogP contribution in [0, 0.1) is 5.82 Å². The minimum atomic E-state index is -0.340. The summed E-state index contributed by atoms with van der Waals surface area (Å²) in [5, 5.41) is 11.4. The van der Waals surface area contributed by atoms with Gasteiger partial charge in [0.2, 0.25) is 0 Å². The lowest BCUT2D eigenvalue weighted by molar-refractivity contribution is 0.102. The van der Waals surface area contributed by atoms with Crippen molar-refractivity contribution in [3.05, 3.63) is 53.2 Å². The predicted molar refractivity (Wildman–Crippen MR) is 93.1 cm³/mol. The van der Waals surface area contributed by atoms with Crippen molar-refractivity contribution in [3.63, 3.8) is 0 Å². The Labute approximate surface area is 146 Å². The van der Waals surface area contributed by atoms with Crippen LogP contribution in [-0.4, -0.2) is 26.3 Å². The van der Waals surface area contributed by atoms with Gasteiger partial charge in [0, 0.05) is 11.6 Å². The lowest BCUT2D eigenvalue weighted by Gasteiger charge is -2.07. The number of thiophene rings is 1. The van der Waals surface area contributed by atoms with E-state index in [2.05, 4.69) is 14.8 Å². The summed E-state index contributed by atoms with van der Waals surface area (Å²) in [5.41, 5.74) is 0.514. The fourth-order valence-electron chi connectivity index (χ4n) is 2.46. The first-order valence-electron chi connectivity index (χ1n) is 7.63. The van der Waals surface area contributed by atoms with E-state index < -0.39 is 0 Å². The fraction of sp³-hybridized carbons (Fsp3) is 0.235. The van der Waals surface area contributed by atoms with Crippen molar-refractivity contribution in [2.45, 2.75) is 24.0 Å². The number of aromatic nitrogens is 3. The SMILES string of the molecule is O=C(CSc1nnc(-c2cccs2)n1C1CC1)c1ccc(F)cc1. The minimum absolute atomic E-state index is 0.0389. The lowest BCUT2D eigenvalue weighted by Crippen LogP contribution is -2.05. The number of thioether (sulfide) groups is 1. The summed E-state index contributed by atoms with van der Waals surface area (Å²) >= 11 is 3.03. The summed E-state index contributed by atoms with van der Waals surface area (Å²) in [6.07, 6.45) is 2.24. The van der Waals surface area contributed by atoms with Crippen LogP contribution in [0.2, 0.25) is 0 Å². The third kappa shape index (κ3) is 3.14. The van der Waals surface area contributed by atoms with Gasteiger partial charge in [-0.3, -0.25) is 9.36 Å². The number of carbonyl (C=O) groups excluding carboxylic acids is 1. The molecular formula is C17H14FN3OS2. The number of nitrogens with zero attached hydrogens (tertiary/aromatic N) is 3. The molecule has 0 radical (unpaired) electrons. The predicted octanol–water partition coefficient (Wildman–Crippen LogP) is 4.46. The van der Waals surface area contributed by atoms with Crippen LogP contribution in [0.5, 0.6) is 0 Å². The van der Waals surface area contributed by atoms with Gasteiger partial charge in [-0.05, 0) is 48.6 Å². The van der Waals surface area contributed by atoms with Crippen molar-refractivity contribution in [1.29, 1.82) is 0 Å². The topological polar surface area (TPSA) is 47.8 Å². The Hall–Kier alpha value is -1.99. The van der Waals surface area contributed by atoms with Gasteiger partial charge in [-0.25, -0.2) is 4.39 Å². The summed E-state index contributed by atoms with van der Waals surface area (Å²) in [7, 11) is 0. The average Bonchev–Trinajstić information content (AvgIpc) is 3.11. The molecule has 1 aliphatic carbocycles. The summed E-state index contributed by atoms with van der Waals surface area (Å²) in [4.78, 5) is 13.4. The zero-order chi connectivity index (χ0) is 16.5. The van der Waals surface area contributed by atoms with E-state index in [9.17, 15) is 9.18 Å². The van der Waals surface area contributed by atoms with Gasteiger partial charge < -0.3 is 0 Å². The van der Waals surface area contributed by atoms with Crippen LogP contribution in [-0.2, 0) is 0 Å². The largest absolute Gasteiger partial charge is 0.298 e. The summed E-state index contributed by atoms with van der Waals surface area (Å²) in [6.45, 7) is 0. The summed E-state index contributed by atoms with van der Waals surface area (Å²) in [5.74, 6) is 0.765. The van der Waals surface area contributed by atoms with Gasteiger partial charge >= 0.3 is 0 Å². The van der Waals surface area contributed by atoms with Gasteiger partial charge in [-0.15, -0.1) is 21.5 Å². The zero-order valence-corrected chi connectivity index (χ0v) is 14.3. The highest BCUT2D eigenvalue weighted by Gasteiger charge is 2.30. The molecular weight excluding hydrogens is 345 g/mol. The molecule has 0 spiro atoms. The maximum atomic E-state index is 12.9. The van der Waals surface area contributed by atoms with E-state index in [0.717, 1.165) is 28.7 Å². The van der Waals surface area contributed by atoms with E-state index in [1.54, 1.807) is 11.3 Å². The highest BCUT2D eigenvalue weighted by molar-refractivity contribution is 7.99.